The van der Waals surface area contributed by atoms with Gasteiger partial charge in [-0.15, -0.1) is 0 Å². The zero-order valence-electron chi connectivity index (χ0n) is 32.8. The van der Waals surface area contributed by atoms with Crippen molar-refractivity contribution in [2.45, 2.75) is 0 Å². The van der Waals surface area contributed by atoms with E-state index < -0.39 is 0 Å². The Hall–Kier alpha value is -7.63. The summed E-state index contributed by atoms with van der Waals surface area (Å²) in [6.07, 6.45) is 0. The van der Waals surface area contributed by atoms with Gasteiger partial charge in [0.1, 0.15) is 0 Å². The summed E-state index contributed by atoms with van der Waals surface area (Å²) in [6.45, 7) is 0.187. The summed E-state index contributed by atoms with van der Waals surface area (Å²) in [5.41, 5.74) is 28.2. The Morgan fingerprint density at radius 3 is 1.18 bits per heavy atom. The fourth-order valence-corrected chi connectivity index (χ4v) is 13.5. The van der Waals surface area contributed by atoms with Crippen LogP contribution in [0.4, 0.5) is 34.1 Å². The van der Waals surface area contributed by atoms with Crippen LogP contribution in [0.1, 0.15) is 0 Å². The molecule has 2 aromatic heterocycles. The van der Waals surface area contributed by atoms with Gasteiger partial charge in [0.05, 0.1) is 11.0 Å². The SMILES string of the molecule is c1ccc2c(c1)B1c3ccccc3N3c4cccc5c4B(c4cc6c(c1c43)N2c1cccc2c1B6c1cccc3c4ccccc4n-2c13)c1cccc2c3ccccc3n-5c12. The molecule has 0 saturated carbocycles. The molecule has 274 valence electrons. The van der Waals surface area contributed by atoms with E-state index in [1.54, 1.807) is 0 Å². The zero-order valence-corrected chi connectivity index (χ0v) is 32.8. The first-order valence-electron chi connectivity index (χ1n) is 21.6. The predicted molar refractivity (Wildman–Crippen MR) is 258 cm³/mol. The average molecular weight is 766 g/mol. The number of hydrogen-bond acceptors (Lipinski definition) is 2. The van der Waals surface area contributed by atoms with Crippen LogP contribution < -0.4 is 59.0 Å². The van der Waals surface area contributed by atoms with Gasteiger partial charge in [-0.05, 0) is 97.7 Å². The molecule has 8 heterocycles. The van der Waals surface area contributed by atoms with Gasteiger partial charge in [-0.1, -0.05) is 127 Å². The van der Waals surface area contributed by atoms with Crippen LogP contribution in [-0.2, 0) is 0 Å². The highest BCUT2D eigenvalue weighted by Crippen LogP contribution is 2.48. The highest BCUT2D eigenvalue weighted by Gasteiger charge is 2.54. The van der Waals surface area contributed by atoms with Crippen LogP contribution in [0, 0.1) is 0 Å². The average Bonchev–Trinajstić information content (AvgIpc) is 3.84. The van der Waals surface area contributed by atoms with E-state index in [9.17, 15) is 0 Å². The zero-order chi connectivity index (χ0) is 39.0. The number of anilines is 6. The standard InChI is InChI=1S/C54H29B3N4/c1-5-21-40-30(13-1)32-15-9-19-36-51(32)58(40)44-25-11-27-46-48(44)56(36)38-29-39-54-50-53(38)60(46)42-23-7-3-17-34(42)55(50)35-18-4-8-24-43(35)61(54)47-28-12-26-45-49(47)57(39)37-20-10-16-33-31-14-2-6-22-41(31)59(45)52(33)37/h1-29H. The molecule has 0 fully saturated rings. The van der Waals surface area contributed by atoms with Crippen LogP contribution in [0.2, 0.25) is 0 Å². The molecule has 6 aliphatic heterocycles. The van der Waals surface area contributed by atoms with Crippen molar-refractivity contribution < 1.29 is 0 Å². The number of rotatable bonds is 0. The second-order valence-corrected chi connectivity index (χ2v) is 17.9. The third-order valence-corrected chi connectivity index (χ3v) is 15.4. The van der Waals surface area contributed by atoms with E-state index in [0.29, 0.717) is 0 Å². The van der Waals surface area contributed by atoms with Crippen molar-refractivity contribution in [2.75, 3.05) is 9.80 Å². The topological polar surface area (TPSA) is 16.3 Å². The van der Waals surface area contributed by atoms with E-state index in [0.717, 1.165) is 0 Å². The Kier molecular flexibility index (Phi) is 5.00. The molecule has 0 unspecified atom stereocenters. The molecule has 0 saturated heterocycles. The maximum Gasteiger partial charge on any atom is 0.252 e. The quantitative estimate of drug-likeness (QED) is 0.170. The lowest BCUT2D eigenvalue weighted by Crippen LogP contribution is -2.72. The second kappa shape index (κ2) is 10.0. The summed E-state index contributed by atoms with van der Waals surface area (Å²) in [6, 6.07) is 67.5. The number of aromatic nitrogens is 2. The minimum Gasteiger partial charge on any atom is -0.312 e. The smallest absolute Gasteiger partial charge is 0.252 e. The molecule has 4 nitrogen and oxygen atoms in total. The molecular formula is C54H29B3N4. The summed E-state index contributed by atoms with van der Waals surface area (Å²) in [4.78, 5) is 5.33. The number of benzene rings is 9. The Morgan fingerprint density at radius 2 is 0.656 bits per heavy atom. The highest BCUT2D eigenvalue weighted by atomic mass is 15.2. The van der Waals surface area contributed by atoms with Crippen molar-refractivity contribution in [3.05, 3.63) is 176 Å². The number of nitrogens with zero attached hydrogens (tertiary/aromatic N) is 4. The lowest BCUT2D eigenvalue weighted by Gasteiger charge is -2.51. The summed E-state index contributed by atoms with van der Waals surface area (Å²) < 4.78 is 5.14. The van der Waals surface area contributed by atoms with Crippen LogP contribution in [0.3, 0.4) is 0 Å². The lowest BCUT2D eigenvalue weighted by atomic mass is 9.26. The molecule has 7 heteroatoms. The third kappa shape index (κ3) is 3.18. The van der Waals surface area contributed by atoms with E-state index in [-0.39, 0.29) is 20.1 Å². The first-order valence-corrected chi connectivity index (χ1v) is 21.6. The molecule has 0 N–H and O–H groups in total. The predicted octanol–water partition coefficient (Wildman–Crippen LogP) is 6.25. The van der Waals surface area contributed by atoms with Gasteiger partial charge in [0.25, 0.3) is 20.1 Å². The highest BCUT2D eigenvalue weighted by molar-refractivity contribution is 7.07. The van der Waals surface area contributed by atoms with Gasteiger partial charge in [-0.25, -0.2) is 0 Å². The summed E-state index contributed by atoms with van der Waals surface area (Å²) in [5, 5.41) is 5.27. The van der Waals surface area contributed by atoms with Gasteiger partial charge in [0.2, 0.25) is 0 Å². The maximum absolute atomic E-state index is 2.69. The molecule has 9 aromatic carbocycles. The fraction of sp³-hybridized carbons (Fsp3) is 0. The van der Waals surface area contributed by atoms with Crippen LogP contribution >= 0.6 is 0 Å². The summed E-state index contributed by atoms with van der Waals surface area (Å²) >= 11 is 0. The maximum atomic E-state index is 2.69. The summed E-state index contributed by atoms with van der Waals surface area (Å²) in [7, 11) is 0. The normalized spacial score (nSPS) is 14.7. The van der Waals surface area contributed by atoms with Gasteiger partial charge in [0, 0.05) is 78.1 Å². The minimum atomic E-state index is 0.0542. The van der Waals surface area contributed by atoms with Crippen molar-refractivity contribution in [1.82, 2.24) is 9.13 Å². The second-order valence-electron chi connectivity index (χ2n) is 17.9. The first-order chi connectivity index (χ1) is 30.3. The number of hydrogen-bond donors (Lipinski definition) is 0. The Balaban J connectivity index is 1.09. The fourth-order valence-electron chi connectivity index (χ4n) is 13.5. The van der Waals surface area contributed by atoms with Crippen molar-refractivity contribution in [3.63, 3.8) is 0 Å². The Morgan fingerprint density at radius 1 is 0.279 bits per heavy atom. The Labute approximate surface area is 351 Å². The molecular weight excluding hydrogens is 737 g/mol. The molecule has 0 bridgehead atoms. The van der Waals surface area contributed by atoms with Gasteiger partial charge < -0.3 is 18.9 Å². The third-order valence-electron chi connectivity index (χ3n) is 15.4. The molecule has 17 rings (SSSR count). The van der Waals surface area contributed by atoms with E-state index in [4.69, 9.17) is 0 Å². The van der Waals surface area contributed by atoms with Gasteiger partial charge in [0.15, 0.2) is 0 Å². The van der Waals surface area contributed by atoms with Crippen LogP contribution in [0.25, 0.3) is 55.0 Å². The van der Waals surface area contributed by atoms with Gasteiger partial charge in [-0.2, -0.15) is 0 Å². The summed E-state index contributed by atoms with van der Waals surface area (Å²) in [5.74, 6) is 0. The molecule has 0 spiro atoms. The monoisotopic (exact) mass is 766 g/mol. The van der Waals surface area contributed by atoms with E-state index in [1.165, 1.54) is 138 Å². The van der Waals surface area contributed by atoms with E-state index >= 15 is 0 Å². The molecule has 11 aromatic rings. The minimum absolute atomic E-state index is 0.0542. The van der Waals surface area contributed by atoms with E-state index in [1.807, 2.05) is 0 Å². The molecule has 0 amide bonds. The van der Waals surface area contributed by atoms with Gasteiger partial charge in [-0.3, -0.25) is 0 Å². The molecule has 61 heavy (non-hydrogen) atoms. The molecule has 6 aliphatic rings. The van der Waals surface area contributed by atoms with Crippen molar-refractivity contribution in [2.24, 2.45) is 0 Å². The van der Waals surface area contributed by atoms with Crippen LogP contribution in [0.5, 0.6) is 0 Å². The largest absolute Gasteiger partial charge is 0.312 e. The van der Waals surface area contributed by atoms with E-state index in [2.05, 4.69) is 195 Å². The molecule has 0 atom stereocenters. The van der Waals surface area contributed by atoms with Crippen molar-refractivity contribution >= 4 is 147 Å². The van der Waals surface area contributed by atoms with Crippen molar-refractivity contribution in [3.8, 4) is 11.4 Å². The molecule has 0 aliphatic carbocycles. The number of para-hydroxylation sites is 6. The van der Waals surface area contributed by atoms with Crippen molar-refractivity contribution in [1.29, 1.82) is 0 Å². The Bertz CT molecular complexity index is 3700. The van der Waals surface area contributed by atoms with Crippen LogP contribution in [0.15, 0.2) is 176 Å². The first kappa shape index (κ1) is 30.4. The lowest BCUT2D eigenvalue weighted by molar-refractivity contribution is 1.17. The van der Waals surface area contributed by atoms with Crippen LogP contribution in [-0.4, -0.2) is 29.3 Å². The molecule has 0 radical (unpaired) electrons. The van der Waals surface area contributed by atoms with Gasteiger partial charge >= 0.3 is 0 Å². The number of fused-ring (bicyclic) bond motifs is 20.